The van der Waals surface area contributed by atoms with E-state index in [1.807, 2.05) is 6.92 Å². The molecule has 1 saturated heterocycles. The molecule has 1 aliphatic rings. The van der Waals surface area contributed by atoms with Crippen LogP contribution in [0.5, 0.6) is 5.75 Å². The number of anilines is 1. The summed E-state index contributed by atoms with van der Waals surface area (Å²) in [5, 5.41) is 2.79. The monoisotopic (exact) mass is 402 g/mol. The van der Waals surface area contributed by atoms with Crippen molar-refractivity contribution in [1.29, 1.82) is 0 Å². The second-order valence-electron chi connectivity index (χ2n) is 6.82. The van der Waals surface area contributed by atoms with E-state index in [-0.39, 0.29) is 10.8 Å². The minimum atomic E-state index is -3.47. The molecule has 1 aliphatic heterocycles. The number of carbonyl (C=O) groups excluding carboxylic acids is 1. The van der Waals surface area contributed by atoms with Crippen LogP contribution >= 0.6 is 0 Å². The van der Waals surface area contributed by atoms with Crippen LogP contribution in [0.15, 0.2) is 53.4 Å². The minimum absolute atomic E-state index is 0.254. The maximum atomic E-state index is 12.7. The van der Waals surface area contributed by atoms with Gasteiger partial charge in [0.05, 0.1) is 11.5 Å². The second kappa shape index (κ2) is 9.21. The van der Waals surface area contributed by atoms with Gasteiger partial charge in [-0.15, -0.1) is 0 Å². The van der Waals surface area contributed by atoms with E-state index in [0.29, 0.717) is 30.9 Å². The van der Waals surface area contributed by atoms with Crippen molar-refractivity contribution in [3.8, 4) is 5.75 Å². The second-order valence-corrected chi connectivity index (χ2v) is 8.75. The van der Waals surface area contributed by atoms with Crippen LogP contribution in [0.2, 0.25) is 0 Å². The molecule has 0 radical (unpaired) electrons. The van der Waals surface area contributed by atoms with E-state index in [9.17, 15) is 13.2 Å². The number of benzene rings is 2. The van der Waals surface area contributed by atoms with E-state index in [4.69, 9.17) is 4.74 Å². The van der Waals surface area contributed by atoms with Crippen molar-refractivity contribution in [3.05, 3.63) is 54.1 Å². The number of hydrogen-bond donors (Lipinski definition) is 1. The lowest BCUT2D eigenvalue weighted by atomic mass is 10.2. The fourth-order valence-electron chi connectivity index (χ4n) is 3.09. The molecule has 2 aromatic rings. The maximum absolute atomic E-state index is 12.7. The lowest BCUT2D eigenvalue weighted by Gasteiger charge is -2.25. The van der Waals surface area contributed by atoms with Crippen molar-refractivity contribution in [2.24, 2.45) is 0 Å². The summed E-state index contributed by atoms with van der Waals surface area (Å²) in [6, 6.07) is 13.3. The van der Waals surface area contributed by atoms with Gasteiger partial charge < -0.3 is 10.1 Å². The Bertz CT molecular complexity index is 887. The minimum Gasteiger partial charge on any atom is -0.494 e. The largest absolute Gasteiger partial charge is 0.494 e. The first-order valence-corrected chi connectivity index (χ1v) is 11.1. The number of carbonyl (C=O) groups is 1. The van der Waals surface area contributed by atoms with Gasteiger partial charge in [0.25, 0.3) is 5.91 Å². The van der Waals surface area contributed by atoms with Crippen LogP contribution in [0.1, 0.15) is 43.0 Å². The molecular weight excluding hydrogens is 376 g/mol. The molecule has 0 bridgehead atoms. The third kappa shape index (κ3) is 4.91. The van der Waals surface area contributed by atoms with Crippen molar-refractivity contribution >= 4 is 21.6 Å². The summed E-state index contributed by atoms with van der Waals surface area (Å²) in [7, 11) is -3.47. The molecule has 7 heteroatoms. The van der Waals surface area contributed by atoms with Crippen LogP contribution in [0.25, 0.3) is 0 Å². The molecule has 0 atom stereocenters. The average Bonchev–Trinajstić information content (AvgIpc) is 2.73. The SMILES string of the molecule is CCCOc1ccc(C(=O)Nc2ccc(S(=O)(=O)N3CCCCC3)cc2)cc1. The quantitative estimate of drug-likeness (QED) is 0.762. The Morgan fingerprint density at radius 3 is 2.25 bits per heavy atom. The molecule has 0 spiro atoms. The third-order valence-electron chi connectivity index (χ3n) is 4.65. The average molecular weight is 403 g/mol. The van der Waals surface area contributed by atoms with Crippen molar-refractivity contribution in [3.63, 3.8) is 0 Å². The fourth-order valence-corrected chi connectivity index (χ4v) is 4.61. The predicted molar refractivity (Wildman–Crippen MR) is 109 cm³/mol. The van der Waals surface area contributed by atoms with Crippen LogP contribution in [-0.2, 0) is 10.0 Å². The van der Waals surface area contributed by atoms with E-state index < -0.39 is 10.0 Å². The van der Waals surface area contributed by atoms with Gasteiger partial charge in [-0.25, -0.2) is 8.42 Å². The zero-order valence-electron chi connectivity index (χ0n) is 16.1. The Labute approximate surface area is 166 Å². The van der Waals surface area contributed by atoms with Crippen LogP contribution in [0, 0.1) is 0 Å². The fraction of sp³-hybridized carbons (Fsp3) is 0.381. The third-order valence-corrected chi connectivity index (χ3v) is 6.57. The number of nitrogens with zero attached hydrogens (tertiary/aromatic N) is 1. The van der Waals surface area contributed by atoms with Gasteiger partial charge in [0, 0.05) is 24.3 Å². The number of nitrogens with one attached hydrogen (secondary N) is 1. The number of ether oxygens (including phenoxy) is 1. The Kier molecular flexibility index (Phi) is 6.70. The van der Waals surface area contributed by atoms with E-state index in [2.05, 4.69) is 5.32 Å². The molecule has 1 fully saturated rings. The van der Waals surface area contributed by atoms with Gasteiger partial charge in [0.2, 0.25) is 10.0 Å². The molecule has 3 rings (SSSR count). The molecule has 0 saturated carbocycles. The highest BCUT2D eigenvalue weighted by Crippen LogP contribution is 2.22. The van der Waals surface area contributed by atoms with Gasteiger partial charge in [0.15, 0.2) is 0 Å². The normalized spacial score (nSPS) is 15.2. The Morgan fingerprint density at radius 2 is 1.64 bits per heavy atom. The lowest BCUT2D eigenvalue weighted by molar-refractivity contribution is 0.102. The number of rotatable bonds is 7. The van der Waals surface area contributed by atoms with Crippen molar-refractivity contribution in [2.45, 2.75) is 37.5 Å². The standard InChI is InChI=1S/C21H26N2O4S/c1-2-16-27-19-10-6-17(7-11-19)21(24)22-18-8-12-20(13-9-18)28(25,26)23-14-4-3-5-15-23/h6-13H,2-5,14-16H2,1H3,(H,22,24). The molecule has 0 aromatic heterocycles. The summed E-state index contributed by atoms with van der Waals surface area (Å²) in [5.74, 6) is 0.472. The predicted octanol–water partition coefficient (Wildman–Crippen LogP) is 3.90. The molecule has 0 aliphatic carbocycles. The molecule has 1 N–H and O–H groups in total. The lowest BCUT2D eigenvalue weighted by Crippen LogP contribution is -2.35. The molecule has 150 valence electrons. The van der Waals surface area contributed by atoms with Gasteiger partial charge >= 0.3 is 0 Å². The van der Waals surface area contributed by atoms with Crippen LogP contribution in [0.4, 0.5) is 5.69 Å². The van der Waals surface area contributed by atoms with Gasteiger partial charge in [-0.05, 0) is 67.8 Å². The van der Waals surface area contributed by atoms with Crippen LogP contribution in [0.3, 0.4) is 0 Å². The summed E-state index contributed by atoms with van der Waals surface area (Å²) in [6.07, 6.45) is 3.79. The van der Waals surface area contributed by atoms with Gasteiger partial charge in [-0.3, -0.25) is 4.79 Å². The summed E-state index contributed by atoms with van der Waals surface area (Å²) < 4.78 is 32.4. The van der Waals surface area contributed by atoms with Crippen molar-refractivity contribution < 1.29 is 17.9 Å². The molecular formula is C21H26N2O4S. The van der Waals surface area contributed by atoms with Crippen LogP contribution in [-0.4, -0.2) is 38.3 Å². The van der Waals surface area contributed by atoms with Gasteiger partial charge in [0.1, 0.15) is 5.75 Å². The first kappa shape index (κ1) is 20.4. The number of amides is 1. The van der Waals surface area contributed by atoms with E-state index in [1.165, 1.54) is 4.31 Å². The van der Waals surface area contributed by atoms with Crippen molar-refractivity contribution in [2.75, 3.05) is 25.0 Å². The molecule has 1 heterocycles. The van der Waals surface area contributed by atoms with E-state index >= 15 is 0 Å². The molecule has 1 amide bonds. The highest BCUT2D eigenvalue weighted by atomic mass is 32.2. The van der Waals surface area contributed by atoms with Gasteiger partial charge in [-0.1, -0.05) is 13.3 Å². The Balaban J connectivity index is 1.64. The highest BCUT2D eigenvalue weighted by molar-refractivity contribution is 7.89. The zero-order valence-corrected chi connectivity index (χ0v) is 16.9. The first-order chi connectivity index (χ1) is 13.5. The topological polar surface area (TPSA) is 75.7 Å². The Hall–Kier alpha value is -2.38. The summed E-state index contributed by atoms with van der Waals surface area (Å²) in [4.78, 5) is 12.6. The summed E-state index contributed by atoms with van der Waals surface area (Å²) in [5.41, 5.74) is 1.06. The van der Waals surface area contributed by atoms with E-state index in [0.717, 1.165) is 31.4 Å². The summed E-state index contributed by atoms with van der Waals surface area (Å²) >= 11 is 0. The molecule has 6 nitrogen and oxygen atoms in total. The van der Waals surface area contributed by atoms with Crippen molar-refractivity contribution in [1.82, 2.24) is 4.31 Å². The number of hydrogen-bond acceptors (Lipinski definition) is 4. The summed E-state index contributed by atoms with van der Waals surface area (Å²) in [6.45, 7) is 3.81. The van der Waals surface area contributed by atoms with Crippen LogP contribution < -0.4 is 10.1 Å². The zero-order chi connectivity index (χ0) is 20.0. The molecule has 28 heavy (non-hydrogen) atoms. The molecule has 2 aromatic carbocycles. The Morgan fingerprint density at radius 1 is 1.00 bits per heavy atom. The number of piperidine rings is 1. The highest BCUT2D eigenvalue weighted by Gasteiger charge is 2.25. The van der Waals surface area contributed by atoms with E-state index in [1.54, 1.807) is 48.5 Å². The maximum Gasteiger partial charge on any atom is 0.255 e. The smallest absolute Gasteiger partial charge is 0.255 e. The first-order valence-electron chi connectivity index (χ1n) is 9.65. The molecule has 0 unspecified atom stereocenters. The number of sulfonamides is 1. The van der Waals surface area contributed by atoms with Gasteiger partial charge in [-0.2, -0.15) is 4.31 Å².